The first kappa shape index (κ1) is 17.0. The van der Waals surface area contributed by atoms with Crippen molar-refractivity contribution in [2.24, 2.45) is 5.73 Å². The number of carbonyl (C=O) groups is 3. The highest BCUT2D eigenvalue weighted by Crippen LogP contribution is 2.35. The van der Waals surface area contributed by atoms with Crippen molar-refractivity contribution in [2.75, 3.05) is 0 Å². The molecule has 8 heteroatoms. The standard InChI is InChI=1S/C15H13ClN2O4S/c1-8(14(20)18-15(17)21)22-12(19)7-6-11-13(16)9-4-2-3-5-10(9)23-11/h2-8H,1H3,(H3,17,18,20,21)/b7-6+/t8-/m1/s1. The molecule has 0 saturated carbocycles. The maximum absolute atomic E-state index is 11.7. The van der Waals surface area contributed by atoms with E-state index in [1.807, 2.05) is 29.6 Å². The van der Waals surface area contributed by atoms with Gasteiger partial charge in [-0.15, -0.1) is 11.3 Å². The number of nitrogens with two attached hydrogens (primary N) is 1. The van der Waals surface area contributed by atoms with Crippen LogP contribution in [0, 0.1) is 0 Å². The van der Waals surface area contributed by atoms with E-state index in [1.54, 1.807) is 0 Å². The highest BCUT2D eigenvalue weighted by molar-refractivity contribution is 7.20. The van der Waals surface area contributed by atoms with Crippen LogP contribution in [0.2, 0.25) is 5.02 Å². The van der Waals surface area contributed by atoms with Crippen molar-refractivity contribution in [3.05, 3.63) is 40.2 Å². The second kappa shape index (κ2) is 7.26. The van der Waals surface area contributed by atoms with E-state index >= 15 is 0 Å². The predicted octanol–water partition coefficient (Wildman–Crippen LogP) is 2.69. The summed E-state index contributed by atoms with van der Waals surface area (Å²) < 4.78 is 5.86. The molecule has 1 aromatic heterocycles. The van der Waals surface area contributed by atoms with Crippen molar-refractivity contribution >= 4 is 57.0 Å². The molecule has 1 heterocycles. The number of hydrogen-bond donors (Lipinski definition) is 2. The van der Waals surface area contributed by atoms with Crippen LogP contribution in [0.1, 0.15) is 11.8 Å². The fraction of sp³-hybridized carbons (Fsp3) is 0.133. The van der Waals surface area contributed by atoms with Gasteiger partial charge in [-0.2, -0.15) is 0 Å². The fourth-order valence-corrected chi connectivity index (χ4v) is 3.17. The van der Waals surface area contributed by atoms with Crippen LogP contribution >= 0.6 is 22.9 Å². The van der Waals surface area contributed by atoms with Gasteiger partial charge in [-0.3, -0.25) is 10.1 Å². The summed E-state index contributed by atoms with van der Waals surface area (Å²) in [4.78, 5) is 34.4. The fourth-order valence-electron chi connectivity index (χ4n) is 1.77. The van der Waals surface area contributed by atoms with Gasteiger partial charge in [0.15, 0.2) is 6.10 Å². The Bertz CT molecular complexity index is 800. The van der Waals surface area contributed by atoms with Crippen molar-refractivity contribution in [3.63, 3.8) is 0 Å². The second-order valence-corrected chi connectivity index (χ2v) is 6.00. The number of amides is 3. The van der Waals surface area contributed by atoms with E-state index in [9.17, 15) is 14.4 Å². The zero-order valence-corrected chi connectivity index (χ0v) is 13.6. The number of urea groups is 1. The molecule has 0 unspecified atom stereocenters. The number of hydrogen-bond acceptors (Lipinski definition) is 5. The van der Waals surface area contributed by atoms with Crippen LogP contribution < -0.4 is 11.1 Å². The van der Waals surface area contributed by atoms with E-state index in [0.29, 0.717) is 9.90 Å². The molecule has 2 rings (SSSR count). The zero-order chi connectivity index (χ0) is 17.0. The molecule has 3 amide bonds. The number of fused-ring (bicyclic) bond motifs is 1. The quantitative estimate of drug-likeness (QED) is 0.652. The van der Waals surface area contributed by atoms with Crippen LogP contribution in [-0.2, 0) is 14.3 Å². The highest BCUT2D eigenvalue weighted by atomic mass is 35.5. The number of ether oxygens (including phenoxy) is 1. The lowest BCUT2D eigenvalue weighted by Gasteiger charge is -2.09. The van der Waals surface area contributed by atoms with Gasteiger partial charge in [0.2, 0.25) is 0 Å². The number of nitrogens with one attached hydrogen (secondary N) is 1. The van der Waals surface area contributed by atoms with Crippen molar-refractivity contribution < 1.29 is 19.1 Å². The molecule has 0 aliphatic carbocycles. The Morgan fingerprint density at radius 2 is 2.04 bits per heavy atom. The Balaban J connectivity index is 2.04. The van der Waals surface area contributed by atoms with Crippen LogP contribution in [0.3, 0.4) is 0 Å². The van der Waals surface area contributed by atoms with E-state index in [-0.39, 0.29) is 0 Å². The van der Waals surface area contributed by atoms with E-state index < -0.39 is 24.0 Å². The van der Waals surface area contributed by atoms with E-state index in [1.165, 1.54) is 30.4 Å². The Kier molecular flexibility index (Phi) is 5.36. The first-order valence-electron chi connectivity index (χ1n) is 6.54. The molecule has 1 atom stereocenters. The van der Waals surface area contributed by atoms with Crippen LogP contribution in [0.15, 0.2) is 30.3 Å². The van der Waals surface area contributed by atoms with Crippen LogP contribution in [-0.4, -0.2) is 24.0 Å². The highest BCUT2D eigenvalue weighted by Gasteiger charge is 2.17. The molecular weight excluding hydrogens is 340 g/mol. The third-order valence-corrected chi connectivity index (χ3v) is 4.49. The van der Waals surface area contributed by atoms with Gasteiger partial charge in [-0.25, -0.2) is 9.59 Å². The van der Waals surface area contributed by atoms with Crippen molar-refractivity contribution in [3.8, 4) is 0 Å². The number of rotatable bonds is 4. The largest absolute Gasteiger partial charge is 0.449 e. The molecule has 0 fully saturated rings. The molecule has 0 aliphatic heterocycles. The minimum atomic E-state index is -1.14. The molecular formula is C15H13ClN2O4S. The summed E-state index contributed by atoms with van der Waals surface area (Å²) in [6.45, 7) is 1.33. The summed E-state index contributed by atoms with van der Waals surface area (Å²) in [6, 6.07) is 6.58. The molecule has 1 aromatic carbocycles. The third kappa shape index (κ3) is 4.30. The lowest BCUT2D eigenvalue weighted by molar-refractivity contribution is -0.149. The first-order chi connectivity index (χ1) is 10.9. The average molecular weight is 353 g/mol. The van der Waals surface area contributed by atoms with E-state index in [2.05, 4.69) is 0 Å². The lowest BCUT2D eigenvalue weighted by atomic mass is 10.2. The summed E-state index contributed by atoms with van der Waals surface area (Å²) in [5.41, 5.74) is 4.81. The monoisotopic (exact) mass is 352 g/mol. The summed E-state index contributed by atoms with van der Waals surface area (Å²) in [6.07, 6.45) is 1.55. The molecule has 23 heavy (non-hydrogen) atoms. The van der Waals surface area contributed by atoms with E-state index in [4.69, 9.17) is 22.1 Å². The number of benzene rings is 1. The average Bonchev–Trinajstić information content (AvgIpc) is 2.81. The van der Waals surface area contributed by atoms with Gasteiger partial charge >= 0.3 is 12.0 Å². The SMILES string of the molecule is C[C@@H](OC(=O)/C=C/c1sc2ccccc2c1Cl)C(=O)NC(N)=O. The van der Waals surface area contributed by atoms with Crippen molar-refractivity contribution in [1.82, 2.24) is 5.32 Å². The number of halogens is 1. The zero-order valence-electron chi connectivity index (χ0n) is 12.0. The van der Waals surface area contributed by atoms with Crippen LogP contribution in [0.5, 0.6) is 0 Å². The van der Waals surface area contributed by atoms with Gasteiger partial charge in [0.25, 0.3) is 5.91 Å². The third-order valence-electron chi connectivity index (χ3n) is 2.84. The van der Waals surface area contributed by atoms with Crippen molar-refractivity contribution in [2.45, 2.75) is 13.0 Å². The summed E-state index contributed by atoms with van der Waals surface area (Å²) in [5.74, 6) is -1.52. The van der Waals surface area contributed by atoms with E-state index in [0.717, 1.165) is 10.1 Å². The molecule has 2 aromatic rings. The van der Waals surface area contributed by atoms with Gasteiger partial charge in [0.05, 0.1) is 5.02 Å². The van der Waals surface area contributed by atoms with Crippen molar-refractivity contribution in [1.29, 1.82) is 0 Å². The number of thiophene rings is 1. The first-order valence-corrected chi connectivity index (χ1v) is 7.74. The number of imide groups is 1. The molecule has 3 N–H and O–H groups in total. The van der Waals surface area contributed by atoms with Gasteiger partial charge in [-0.05, 0) is 19.1 Å². The van der Waals surface area contributed by atoms with Gasteiger partial charge in [0, 0.05) is 21.0 Å². The lowest BCUT2D eigenvalue weighted by Crippen LogP contribution is -2.42. The minimum Gasteiger partial charge on any atom is -0.449 e. The normalized spacial score (nSPS) is 12.3. The number of esters is 1. The molecule has 0 spiro atoms. The van der Waals surface area contributed by atoms with Gasteiger partial charge in [0.1, 0.15) is 0 Å². The van der Waals surface area contributed by atoms with Gasteiger partial charge < -0.3 is 10.5 Å². The maximum Gasteiger partial charge on any atom is 0.331 e. The molecule has 0 bridgehead atoms. The predicted molar refractivity (Wildman–Crippen MR) is 89.1 cm³/mol. The number of carbonyl (C=O) groups excluding carboxylic acids is 3. The van der Waals surface area contributed by atoms with Crippen LogP contribution in [0.25, 0.3) is 16.2 Å². The second-order valence-electron chi connectivity index (χ2n) is 4.54. The minimum absolute atomic E-state index is 0.550. The molecule has 120 valence electrons. The summed E-state index contributed by atoms with van der Waals surface area (Å²) >= 11 is 7.68. The molecule has 6 nitrogen and oxygen atoms in total. The molecule has 0 saturated heterocycles. The summed E-state index contributed by atoms with van der Waals surface area (Å²) in [5, 5.41) is 3.28. The smallest absolute Gasteiger partial charge is 0.331 e. The van der Waals surface area contributed by atoms with Crippen LogP contribution in [0.4, 0.5) is 4.79 Å². The van der Waals surface area contributed by atoms with Gasteiger partial charge in [-0.1, -0.05) is 29.8 Å². The summed E-state index contributed by atoms with van der Waals surface area (Å²) in [7, 11) is 0. The maximum atomic E-state index is 11.7. The number of primary amides is 1. The molecule has 0 radical (unpaired) electrons. The molecule has 0 aliphatic rings. The Morgan fingerprint density at radius 1 is 1.35 bits per heavy atom. The Labute approximate surface area is 140 Å². The topological polar surface area (TPSA) is 98.5 Å². The Hall–Kier alpha value is -2.38. The Morgan fingerprint density at radius 3 is 2.70 bits per heavy atom.